The number of aryl methyl sites for hydroxylation is 1. The normalized spacial score (nSPS) is 11.1. The van der Waals surface area contributed by atoms with Crippen molar-refractivity contribution >= 4 is 33.7 Å². The molecule has 4 nitrogen and oxygen atoms in total. The molecule has 0 fully saturated rings. The van der Waals surface area contributed by atoms with Crippen LogP contribution in [0.2, 0.25) is 0 Å². The lowest BCUT2D eigenvalue weighted by Crippen LogP contribution is -2.14. The Bertz CT molecular complexity index is 823. The van der Waals surface area contributed by atoms with Gasteiger partial charge in [-0.05, 0) is 19.1 Å². The van der Waals surface area contributed by atoms with Crippen molar-refractivity contribution in [3.63, 3.8) is 0 Å². The molecular formula is C14H13N3OS2. The quantitative estimate of drug-likeness (QED) is 0.597. The van der Waals surface area contributed by atoms with Gasteiger partial charge >= 0.3 is 0 Å². The molecule has 0 spiro atoms. The molecule has 0 bridgehead atoms. The van der Waals surface area contributed by atoms with Gasteiger partial charge in [0.05, 0.1) is 5.69 Å². The van der Waals surface area contributed by atoms with Crippen molar-refractivity contribution in [2.75, 3.05) is 5.73 Å². The highest BCUT2D eigenvalue weighted by Crippen LogP contribution is 2.27. The molecule has 0 saturated heterocycles. The summed E-state index contributed by atoms with van der Waals surface area (Å²) in [6.07, 6.45) is 0. The first kappa shape index (κ1) is 13.2. The van der Waals surface area contributed by atoms with Gasteiger partial charge in [0.15, 0.2) is 4.96 Å². The number of rotatable bonds is 3. The van der Waals surface area contributed by atoms with Crippen LogP contribution in [0.1, 0.15) is 11.4 Å². The summed E-state index contributed by atoms with van der Waals surface area (Å²) in [4.78, 5) is 18.3. The molecule has 0 aliphatic rings. The van der Waals surface area contributed by atoms with Crippen molar-refractivity contribution in [1.82, 2.24) is 9.38 Å². The average Bonchev–Trinajstić information content (AvgIpc) is 2.80. The molecule has 0 amide bonds. The van der Waals surface area contributed by atoms with Gasteiger partial charge in [0.1, 0.15) is 0 Å². The van der Waals surface area contributed by atoms with Crippen LogP contribution in [0.15, 0.2) is 45.4 Å². The fourth-order valence-electron chi connectivity index (χ4n) is 1.94. The summed E-state index contributed by atoms with van der Waals surface area (Å²) in [5, 5.41) is 1.94. The standard InChI is InChI=1S/C14H13N3OS2/c1-9-7-20-14-16-10(6-13(18)17(9)14)8-19-12-5-3-2-4-11(12)15/h2-7H,8,15H2,1H3. The van der Waals surface area contributed by atoms with Gasteiger partial charge in [-0.15, -0.1) is 23.1 Å². The van der Waals surface area contributed by atoms with E-state index in [9.17, 15) is 4.79 Å². The Morgan fingerprint density at radius 3 is 3.00 bits per heavy atom. The molecule has 0 radical (unpaired) electrons. The van der Waals surface area contributed by atoms with Crippen LogP contribution in [0.5, 0.6) is 0 Å². The van der Waals surface area contributed by atoms with Crippen molar-refractivity contribution in [3.8, 4) is 0 Å². The SMILES string of the molecule is Cc1csc2nc(CSc3ccccc3N)cc(=O)n12. The average molecular weight is 303 g/mol. The van der Waals surface area contributed by atoms with Crippen molar-refractivity contribution in [3.05, 3.63) is 57.5 Å². The third kappa shape index (κ3) is 2.44. The van der Waals surface area contributed by atoms with Crippen LogP contribution in [-0.2, 0) is 5.75 Å². The predicted octanol–water partition coefficient (Wildman–Crippen LogP) is 2.94. The van der Waals surface area contributed by atoms with E-state index in [4.69, 9.17) is 5.73 Å². The second kappa shape index (κ2) is 5.30. The summed E-state index contributed by atoms with van der Waals surface area (Å²) < 4.78 is 1.63. The Balaban J connectivity index is 1.89. The van der Waals surface area contributed by atoms with E-state index in [1.807, 2.05) is 36.6 Å². The Labute approximate surface area is 124 Å². The molecule has 0 aliphatic carbocycles. The van der Waals surface area contributed by atoms with Crippen LogP contribution in [-0.4, -0.2) is 9.38 Å². The number of nitrogens with zero attached hydrogens (tertiary/aromatic N) is 2. The number of aromatic nitrogens is 2. The lowest BCUT2D eigenvalue weighted by molar-refractivity contribution is 0.997. The minimum absolute atomic E-state index is 0.0228. The van der Waals surface area contributed by atoms with Crippen molar-refractivity contribution in [2.24, 2.45) is 0 Å². The van der Waals surface area contributed by atoms with E-state index in [0.29, 0.717) is 5.75 Å². The summed E-state index contributed by atoms with van der Waals surface area (Å²) in [7, 11) is 0. The highest BCUT2D eigenvalue weighted by molar-refractivity contribution is 7.98. The van der Waals surface area contributed by atoms with Gasteiger partial charge in [0, 0.05) is 33.5 Å². The minimum atomic E-state index is -0.0228. The molecule has 2 N–H and O–H groups in total. The molecule has 0 aliphatic heterocycles. The molecule has 102 valence electrons. The summed E-state index contributed by atoms with van der Waals surface area (Å²) in [6.45, 7) is 1.91. The third-order valence-electron chi connectivity index (χ3n) is 2.92. The van der Waals surface area contributed by atoms with Crippen LogP contribution in [0, 0.1) is 6.92 Å². The summed E-state index contributed by atoms with van der Waals surface area (Å²) in [5.74, 6) is 0.636. The molecule has 6 heteroatoms. The molecule has 0 unspecified atom stereocenters. The Kier molecular flexibility index (Phi) is 3.50. The number of thiazole rings is 1. The number of thioether (sulfide) groups is 1. The molecule has 1 aromatic carbocycles. The van der Waals surface area contributed by atoms with Gasteiger partial charge in [-0.25, -0.2) is 4.98 Å². The maximum Gasteiger partial charge on any atom is 0.258 e. The number of nitrogen functional groups attached to an aromatic ring is 1. The number of para-hydroxylation sites is 1. The topological polar surface area (TPSA) is 60.4 Å². The number of benzene rings is 1. The Morgan fingerprint density at radius 1 is 1.40 bits per heavy atom. The zero-order chi connectivity index (χ0) is 14.1. The Hall–Kier alpha value is -1.79. The molecule has 0 atom stereocenters. The largest absolute Gasteiger partial charge is 0.398 e. The van der Waals surface area contributed by atoms with Gasteiger partial charge < -0.3 is 5.73 Å². The number of hydrogen-bond donors (Lipinski definition) is 1. The first-order chi connectivity index (χ1) is 9.65. The maximum absolute atomic E-state index is 12.1. The van der Waals surface area contributed by atoms with Gasteiger partial charge in [0.25, 0.3) is 5.56 Å². The Morgan fingerprint density at radius 2 is 2.20 bits per heavy atom. The van der Waals surface area contributed by atoms with Gasteiger partial charge in [-0.1, -0.05) is 12.1 Å². The van der Waals surface area contributed by atoms with Crippen molar-refractivity contribution in [2.45, 2.75) is 17.6 Å². The van der Waals surface area contributed by atoms with E-state index in [-0.39, 0.29) is 5.56 Å². The number of fused-ring (bicyclic) bond motifs is 1. The monoisotopic (exact) mass is 303 g/mol. The molecule has 3 rings (SSSR count). The fourth-order valence-corrected chi connectivity index (χ4v) is 3.69. The highest BCUT2D eigenvalue weighted by atomic mass is 32.2. The van der Waals surface area contributed by atoms with Gasteiger partial charge in [-0.3, -0.25) is 9.20 Å². The molecule has 0 saturated carbocycles. The van der Waals surface area contributed by atoms with Crippen LogP contribution >= 0.6 is 23.1 Å². The lowest BCUT2D eigenvalue weighted by atomic mass is 10.3. The lowest BCUT2D eigenvalue weighted by Gasteiger charge is -2.05. The van der Waals surface area contributed by atoms with Crippen molar-refractivity contribution in [1.29, 1.82) is 0 Å². The van der Waals surface area contributed by atoms with E-state index in [1.165, 1.54) is 11.3 Å². The number of anilines is 1. The summed E-state index contributed by atoms with van der Waals surface area (Å²) in [6, 6.07) is 9.30. The van der Waals surface area contributed by atoms with Gasteiger partial charge in [-0.2, -0.15) is 0 Å². The summed E-state index contributed by atoms with van der Waals surface area (Å²) in [5.41, 5.74) is 8.34. The third-order valence-corrected chi connectivity index (χ3v) is 4.99. The fraction of sp³-hybridized carbons (Fsp3) is 0.143. The highest BCUT2D eigenvalue weighted by Gasteiger charge is 2.07. The van der Waals surface area contributed by atoms with E-state index >= 15 is 0 Å². The van der Waals surface area contributed by atoms with Crippen LogP contribution in [0.3, 0.4) is 0 Å². The molecular weight excluding hydrogens is 290 g/mol. The molecule has 2 aromatic heterocycles. The summed E-state index contributed by atoms with van der Waals surface area (Å²) >= 11 is 3.08. The molecule has 3 aromatic rings. The molecule has 2 heterocycles. The zero-order valence-electron chi connectivity index (χ0n) is 10.9. The predicted molar refractivity (Wildman–Crippen MR) is 84.5 cm³/mol. The number of hydrogen-bond acceptors (Lipinski definition) is 5. The zero-order valence-corrected chi connectivity index (χ0v) is 12.5. The maximum atomic E-state index is 12.1. The minimum Gasteiger partial charge on any atom is -0.398 e. The van der Waals surface area contributed by atoms with E-state index < -0.39 is 0 Å². The molecule has 20 heavy (non-hydrogen) atoms. The second-order valence-corrected chi connectivity index (χ2v) is 6.26. The van der Waals surface area contributed by atoms with Crippen LogP contribution < -0.4 is 11.3 Å². The van der Waals surface area contributed by atoms with Gasteiger partial charge in [0.2, 0.25) is 0 Å². The first-order valence-corrected chi connectivity index (χ1v) is 7.96. The van der Waals surface area contributed by atoms with E-state index in [2.05, 4.69) is 4.98 Å². The van der Waals surface area contributed by atoms with Crippen molar-refractivity contribution < 1.29 is 0 Å². The second-order valence-electron chi connectivity index (χ2n) is 4.41. The van der Waals surface area contributed by atoms with Crippen LogP contribution in [0.4, 0.5) is 5.69 Å². The van der Waals surface area contributed by atoms with E-state index in [0.717, 1.165) is 26.9 Å². The van der Waals surface area contributed by atoms with Crippen LogP contribution in [0.25, 0.3) is 4.96 Å². The first-order valence-electron chi connectivity index (χ1n) is 6.09. The number of nitrogens with two attached hydrogens (primary N) is 1. The smallest absolute Gasteiger partial charge is 0.258 e. The van der Waals surface area contributed by atoms with E-state index in [1.54, 1.807) is 22.2 Å².